The van der Waals surface area contributed by atoms with Gasteiger partial charge in [0.15, 0.2) is 0 Å². The van der Waals surface area contributed by atoms with Gasteiger partial charge in [0.2, 0.25) is 0 Å². The molecule has 1 aliphatic rings. The lowest BCUT2D eigenvalue weighted by Crippen LogP contribution is -2.28. The summed E-state index contributed by atoms with van der Waals surface area (Å²) in [6.45, 7) is 3.91. The van der Waals surface area contributed by atoms with Gasteiger partial charge in [-0.15, -0.1) is 0 Å². The summed E-state index contributed by atoms with van der Waals surface area (Å²) in [6, 6.07) is 18.4. The predicted octanol–water partition coefficient (Wildman–Crippen LogP) is 4.43. The first-order valence-electron chi connectivity index (χ1n) is 6.61. The summed E-state index contributed by atoms with van der Waals surface area (Å²) < 4.78 is 5.91. The predicted molar refractivity (Wildman–Crippen MR) is 80.2 cm³/mol. The Morgan fingerprint density at radius 3 is 2.45 bits per heavy atom. The second-order valence-electron chi connectivity index (χ2n) is 5.45. The molecule has 0 atom stereocenters. The standard InChI is InChI=1S/C18H15NO/c1-18(2)11-15(12-19)16-10-14(8-9-17(16)20-18)13-6-4-3-5-7-13/h3-11H,1-2H3. The van der Waals surface area contributed by atoms with E-state index < -0.39 is 5.60 Å². The summed E-state index contributed by atoms with van der Waals surface area (Å²) in [5, 5.41) is 9.36. The van der Waals surface area contributed by atoms with E-state index >= 15 is 0 Å². The van der Waals surface area contributed by atoms with Gasteiger partial charge < -0.3 is 4.74 Å². The molecule has 2 nitrogen and oxygen atoms in total. The number of rotatable bonds is 1. The van der Waals surface area contributed by atoms with Crippen molar-refractivity contribution in [1.29, 1.82) is 5.26 Å². The van der Waals surface area contributed by atoms with Crippen molar-refractivity contribution in [1.82, 2.24) is 0 Å². The molecule has 20 heavy (non-hydrogen) atoms. The van der Waals surface area contributed by atoms with Crippen LogP contribution in [0.25, 0.3) is 16.7 Å². The van der Waals surface area contributed by atoms with Gasteiger partial charge in [-0.05, 0) is 43.2 Å². The minimum atomic E-state index is -0.438. The molecule has 3 rings (SSSR count). The molecule has 1 aliphatic heterocycles. The van der Waals surface area contributed by atoms with Crippen LogP contribution in [0.4, 0.5) is 0 Å². The van der Waals surface area contributed by atoms with Crippen molar-refractivity contribution in [3.8, 4) is 22.9 Å². The van der Waals surface area contributed by atoms with Crippen LogP contribution >= 0.6 is 0 Å². The van der Waals surface area contributed by atoms with Crippen molar-refractivity contribution in [3.05, 3.63) is 60.2 Å². The van der Waals surface area contributed by atoms with Gasteiger partial charge in [-0.3, -0.25) is 0 Å². The van der Waals surface area contributed by atoms with Gasteiger partial charge in [0, 0.05) is 5.56 Å². The van der Waals surface area contributed by atoms with Crippen LogP contribution in [0.15, 0.2) is 54.6 Å². The third-order valence-corrected chi connectivity index (χ3v) is 3.36. The number of benzene rings is 2. The van der Waals surface area contributed by atoms with Crippen molar-refractivity contribution in [3.63, 3.8) is 0 Å². The fourth-order valence-electron chi connectivity index (χ4n) is 2.47. The molecule has 0 amide bonds. The molecule has 2 heteroatoms. The third kappa shape index (κ3) is 2.19. The number of ether oxygens (including phenoxy) is 1. The van der Waals surface area contributed by atoms with Gasteiger partial charge in [-0.1, -0.05) is 36.4 Å². The van der Waals surface area contributed by atoms with E-state index in [4.69, 9.17) is 4.74 Å². The van der Waals surface area contributed by atoms with E-state index in [1.165, 1.54) is 0 Å². The molecule has 0 bridgehead atoms. The Morgan fingerprint density at radius 2 is 1.75 bits per heavy atom. The Bertz CT molecular complexity index is 721. The number of fused-ring (bicyclic) bond motifs is 1. The zero-order valence-electron chi connectivity index (χ0n) is 11.6. The number of hydrogen-bond acceptors (Lipinski definition) is 2. The van der Waals surface area contributed by atoms with Crippen molar-refractivity contribution in [2.24, 2.45) is 0 Å². The zero-order valence-corrected chi connectivity index (χ0v) is 11.6. The SMILES string of the molecule is CC1(C)C=C(C#N)c2cc(-c3ccccc3)ccc2O1. The van der Waals surface area contributed by atoms with Crippen LogP contribution in [0.1, 0.15) is 19.4 Å². The lowest BCUT2D eigenvalue weighted by Gasteiger charge is -2.29. The van der Waals surface area contributed by atoms with E-state index in [9.17, 15) is 5.26 Å². The molecular formula is C18H15NO. The monoisotopic (exact) mass is 261 g/mol. The van der Waals surface area contributed by atoms with Gasteiger partial charge in [0.25, 0.3) is 0 Å². The van der Waals surface area contributed by atoms with Crippen LogP contribution in [0, 0.1) is 11.3 Å². The first-order chi connectivity index (χ1) is 9.59. The lowest BCUT2D eigenvalue weighted by atomic mass is 9.93. The van der Waals surface area contributed by atoms with Gasteiger partial charge in [0.1, 0.15) is 11.4 Å². The first-order valence-corrected chi connectivity index (χ1v) is 6.61. The van der Waals surface area contributed by atoms with Crippen molar-refractivity contribution in [2.45, 2.75) is 19.4 Å². The highest BCUT2D eigenvalue weighted by Gasteiger charge is 2.26. The molecule has 1 heterocycles. The quantitative estimate of drug-likeness (QED) is 0.760. The molecule has 2 aromatic rings. The van der Waals surface area contributed by atoms with Crippen LogP contribution in [0.2, 0.25) is 0 Å². The average molecular weight is 261 g/mol. The van der Waals surface area contributed by atoms with E-state index in [0.717, 1.165) is 22.4 Å². The number of hydrogen-bond donors (Lipinski definition) is 0. The highest BCUT2D eigenvalue weighted by molar-refractivity contribution is 5.85. The van der Waals surface area contributed by atoms with E-state index in [1.807, 2.05) is 56.3 Å². The second kappa shape index (κ2) is 4.54. The number of nitriles is 1. The zero-order chi connectivity index (χ0) is 14.2. The molecule has 0 radical (unpaired) electrons. The fourth-order valence-corrected chi connectivity index (χ4v) is 2.47. The van der Waals surface area contributed by atoms with Crippen molar-refractivity contribution >= 4 is 5.57 Å². The highest BCUT2D eigenvalue weighted by atomic mass is 16.5. The molecule has 0 fully saturated rings. The summed E-state index contributed by atoms with van der Waals surface area (Å²) in [7, 11) is 0. The molecule has 0 unspecified atom stereocenters. The Hall–Kier alpha value is -2.53. The molecule has 2 aromatic carbocycles. The lowest BCUT2D eigenvalue weighted by molar-refractivity contribution is 0.158. The first kappa shape index (κ1) is 12.5. The van der Waals surface area contributed by atoms with Gasteiger partial charge in [0.05, 0.1) is 11.6 Å². The maximum atomic E-state index is 9.36. The van der Waals surface area contributed by atoms with E-state index in [-0.39, 0.29) is 0 Å². The minimum Gasteiger partial charge on any atom is -0.483 e. The van der Waals surface area contributed by atoms with Crippen LogP contribution in [0.3, 0.4) is 0 Å². The number of allylic oxidation sites excluding steroid dienone is 1. The molecule has 0 saturated heterocycles. The summed E-state index contributed by atoms with van der Waals surface area (Å²) >= 11 is 0. The summed E-state index contributed by atoms with van der Waals surface area (Å²) in [6.07, 6.45) is 1.88. The van der Waals surface area contributed by atoms with E-state index in [1.54, 1.807) is 0 Å². The Labute approximate surface area is 118 Å². The minimum absolute atomic E-state index is 0.438. The molecule has 0 N–H and O–H groups in total. The summed E-state index contributed by atoms with van der Waals surface area (Å²) in [5.41, 5.74) is 3.33. The maximum absolute atomic E-state index is 9.36. The molecule has 0 saturated carbocycles. The molecule has 0 aromatic heterocycles. The van der Waals surface area contributed by atoms with Crippen LogP contribution in [0.5, 0.6) is 5.75 Å². The van der Waals surface area contributed by atoms with Crippen LogP contribution in [-0.4, -0.2) is 5.60 Å². The van der Waals surface area contributed by atoms with Crippen molar-refractivity contribution in [2.75, 3.05) is 0 Å². The van der Waals surface area contributed by atoms with Gasteiger partial charge in [-0.25, -0.2) is 0 Å². The van der Waals surface area contributed by atoms with Crippen LogP contribution in [-0.2, 0) is 0 Å². The second-order valence-corrected chi connectivity index (χ2v) is 5.45. The third-order valence-electron chi connectivity index (χ3n) is 3.36. The van der Waals surface area contributed by atoms with Crippen molar-refractivity contribution < 1.29 is 4.74 Å². The molecular weight excluding hydrogens is 246 g/mol. The topological polar surface area (TPSA) is 33.0 Å². The average Bonchev–Trinajstić information content (AvgIpc) is 2.46. The summed E-state index contributed by atoms with van der Waals surface area (Å²) in [5.74, 6) is 0.772. The molecule has 0 aliphatic carbocycles. The Kier molecular flexibility index (Phi) is 2.84. The van der Waals surface area contributed by atoms with Gasteiger partial charge in [-0.2, -0.15) is 5.26 Å². The largest absolute Gasteiger partial charge is 0.483 e. The maximum Gasteiger partial charge on any atom is 0.129 e. The Morgan fingerprint density at radius 1 is 1.00 bits per heavy atom. The Balaban J connectivity index is 2.13. The highest BCUT2D eigenvalue weighted by Crippen LogP contribution is 2.38. The number of nitrogens with zero attached hydrogens (tertiary/aromatic N) is 1. The molecule has 0 spiro atoms. The van der Waals surface area contributed by atoms with E-state index in [0.29, 0.717) is 5.57 Å². The van der Waals surface area contributed by atoms with Crippen LogP contribution < -0.4 is 4.74 Å². The smallest absolute Gasteiger partial charge is 0.129 e. The summed E-state index contributed by atoms with van der Waals surface area (Å²) in [4.78, 5) is 0. The van der Waals surface area contributed by atoms with E-state index in [2.05, 4.69) is 18.2 Å². The fraction of sp³-hybridized carbons (Fsp3) is 0.167. The molecule has 98 valence electrons. The van der Waals surface area contributed by atoms with Gasteiger partial charge >= 0.3 is 0 Å². The normalized spacial score (nSPS) is 15.6.